The molecule has 6 atom stereocenters. The average molecular weight is 715 g/mol. The van der Waals surface area contributed by atoms with E-state index < -0.39 is 24.3 Å². The highest BCUT2D eigenvalue weighted by Crippen LogP contribution is 2.36. The number of rotatable bonds is 9. The summed E-state index contributed by atoms with van der Waals surface area (Å²) in [5, 5.41) is 5.38. The first-order chi connectivity index (χ1) is 24.8. The molecule has 5 rings (SSSR count). The van der Waals surface area contributed by atoms with Crippen LogP contribution in [0.1, 0.15) is 89.4 Å². The van der Waals surface area contributed by atoms with Crippen LogP contribution in [-0.4, -0.2) is 93.1 Å². The van der Waals surface area contributed by atoms with Gasteiger partial charge in [-0.15, -0.1) is 0 Å². The molecule has 2 aliphatic heterocycles. The van der Waals surface area contributed by atoms with Gasteiger partial charge in [-0.2, -0.15) is 0 Å². The molecule has 2 fully saturated rings. The number of imidazole rings is 2. The van der Waals surface area contributed by atoms with Crippen molar-refractivity contribution in [3.05, 3.63) is 59.6 Å². The lowest BCUT2D eigenvalue weighted by molar-refractivity contribution is -0.136. The lowest BCUT2D eigenvalue weighted by atomic mass is 10.0. The molecule has 0 spiro atoms. The number of carbonyl (C=O) groups is 4. The number of hydrogen-bond acceptors (Lipinski definition) is 8. The fourth-order valence-corrected chi connectivity index (χ4v) is 6.95. The maximum Gasteiger partial charge on any atom is 0.407 e. The highest BCUT2D eigenvalue weighted by atomic mass is 16.5. The Labute approximate surface area is 304 Å². The second kappa shape index (κ2) is 16.4. The molecule has 2 aromatic heterocycles. The molecule has 1 aromatic carbocycles. The number of nitrogens with zero attached hydrogens (tertiary/aromatic N) is 4. The van der Waals surface area contributed by atoms with Gasteiger partial charge in [-0.25, -0.2) is 19.6 Å². The van der Waals surface area contributed by atoms with Crippen molar-refractivity contribution in [1.29, 1.82) is 0 Å². The summed E-state index contributed by atoms with van der Waals surface area (Å²) < 4.78 is 9.50. The minimum atomic E-state index is -0.713. The molecule has 4 heterocycles. The summed E-state index contributed by atoms with van der Waals surface area (Å²) >= 11 is 0. The van der Waals surface area contributed by atoms with E-state index in [4.69, 9.17) is 9.47 Å². The predicted molar refractivity (Wildman–Crippen MR) is 193 cm³/mol. The van der Waals surface area contributed by atoms with Crippen LogP contribution < -0.4 is 10.6 Å². The average Bonchev–Trinajstić information content (AvgIpc) is 3.94. The molecule has 2 aliphatic rings. The lowest BCUT2D eigenvalue weighted by Crippen LogP contribution is -2.51. The summed E-state index contributed by atoms with van der Waals surface area (Å²) in [6, 6.07) is 5.86. The Morgan fingerprint density at radius 3 is 1.71 bits per heavy atom. The SMILES string of the molecule is COC(=O)N[C@H](C(=O)N1C[C@@H](C)C[C@H]1c1ncc(-c2ccc(C#Cc3cnc([C@@H]4C[C@H](C)CN4C(=O)[C@H](NC(=O)OC)C(C)C)[nH]3)cc2)[nH]1)C(C)C. The summed E-state index contributed by atoms with van der Waals surface area (Å²) in [6.45, 7) is 12.9. The second-order valence-corrected chi connectivity index (χ2v) is 14.6. The zero-order valence-electron chi connectivity index (χ0n) is 31.1. The minimum absolute atomic E-state index is 0.120. The summed E-state index contributed by atoms with van der Waals surface area (Å²) in [4.78, 5) is 70.6. The molecule has 0 radical (unpaired) electrons. The van der Waals surface area contributed by atoms with Crippen LogP contribution in [0.3, 0.4) is 0 Å². The van der Waals surface area contributed by atoms with E-state index >= 15 is 0 Å². The van der Waals surface area contributed by atoms with Gasteiger partial charge in [-0.1, -0.05) is 59.6 Å². The Morgan fingerprint density at radius 1 is 0.750 bits per heavy atom. The van der Waals surface area contributed by atoms with E-state index in [1.54, 1.807) is 22.2 Å². The molecule has 0 unspecified atom stereocenters. The van der Waals surface area contributed by atoms with Crippen LogP contribution in [0.25, 0.3) is 11.3 Å². The Balaban J connectivity index is 1.26. The second-order valence-electron chi connectivity index (χ2n) is 14.6. The fraction of sp³-hybridized carbons (Fsp3) is 0.526. The van der Waals surface area contributed by atoms with Gasteiger partial charge in [-0.05, 0) is 60.1 Å². The quantitative estimate of drug-likeness (QED) is 0.229. The van der Waals surface area contributed by atoms with Crippen molar-refractivity contribution in [3.8, 4) is 23.1 Å². The van der Waals surface area contributed by atoms with Gasteiger partial charge in [0.05, 0.1) is 44.4 Å². The number of amides is 4. The molecule has 52 heavy (non-hydrogen) atoms. The molecule has 0 bridgehead atoms. The maximum atomic E-state index is 13.6. The lowest BCUT2D eigenvalue weighted by Gasteiger charge is -2.30. The molecule has 2 saturated heterocycles. The molecule has 3 aromatic rings. The number of methoxy groups -OCH3 is 2. The van der Waals surface area contributed by atoms with Crippen LogP contribution in [0.2, 0.25) is 0 Å². The van der Waals surface area contributed by atoms with Gasteiger partial charge in [0.1, 0.15) is 29.4 Å². The monoisotopic (exact) mass is 714 g/mol. The number of carbonyl (C=O) groups excluding carboxylic acids is 4. The van der Waals surface area contributed by atoms with E-state index in [0.717, 1.165) is 29.7 Å². The van der Waals surface area contributed by atoms with Gasteiger partial charge in [0.25, 0.3) is 0 Å². The minimum Gasteiger partial charge on any atom is -0.453 e. The van der Waals surface area contributed by atoms with Crippen LogP contribution in [0, 0.1) is 35.5 Å². The molecule has 14 heteroatoms. The van der Waals surface area contributed by atoms with E-state index in [-0.39, 0.29) is 47.6 Å². The fourth-order valence-electron chi connectivity index (χ4n) is 6.95. The predicted octanol–water partition coefficient (Wildman–Crippen LogP) is 4.78. The first kappa shape index (κ1) is 37.9. The number of alkyl carbamates (subject to hydrolysis) is 2. The van der Waals surface area contributed by atoms with Crippen LogP contribution in [0.5, 0.6) is 0 Å². The summed E-state index contributed by atoms with van der Waals surface area (Å²) in [5.41, 5.74) is 3.17. The van der Waals surface area contributed by atoms with E-state index in [0.29, 0.717) is 30.4 Å². The third-order valence-corrected chi connectivity index (χ3v) is 9.73. The van der Waals surface area contributed by atoms with Crippen LogP contribution >= 0.6 is 0 Å². The molecule has 278 valence electrons. The standard InChI is InChI=1S/C38H50N8O6/c1-21(2)31(43-37(49)51-7)35(47)45-19-23(5)15-29(45)33-39-17-27(41-33)14-11-25-9-12-26(13-10-25)28-18-40-34(42-28)30-16-24(6)20-46(30)36(48)32(22(3)4)44-38(50)52-8/h9-10,12-13,17-18,21-24,29-32H,15-16,19-20H2,1-8H3,(H,39,41)(H,40,42)(H,43,49)(H,44,50)/t23-,24-,29-,30-,31+,32-/m0/s1. The number of benzene rings is 1. The Hall–Kier alpha value is -5.32. The van der Waals surface area contributed by atoms with E-state index in [9.17, 15) is 19.2 Å². The highest BCUT2D eigenvalue weighted by molar-refractivity contribution is 5.87. The van der Waals surface area contributed by atoms with Crippen molar-refractivity contribution in [2.75, 3.05) is 27.3 Å². The number of hydrogen-bond donors (Lipinski definition) is 4. The smallest absolute Gasteiger partial charge is 0.407 e. The number of aromatic amines is 2. The number of nitrogens with one attached hydrogen (secondary N) is 4. The summed E-state index contributed by atoms with van der Waals surface area (Å²) in [6.07, 6.45) is 3.67. The van der Waals surface area contributed by atoms with Crippen LogP contribution in [-0.2, 0) is 19.1 Å². The van der Waals surface area contributed by atoms with Gasteiger partial charge < -0.3 is 39.9 Å². The summed E-state index contributed by atoms with van der Waals surface area (Å²) in [7, 11) is 2.56. The van der Waals surface area contributed by atoms with Crippen molar-refractivity contribution in [2.45, 2.75) is 78.6 Å². The molecule has 4 amide bonds. The van der Waals surface area contributed by atoms with Crippen LogP contribution in [0.4, 0.5) is 9.59 Å². The van der Waals surface area contributed by atoms with Gasteiger partial charge in [-0.3, -0.25) is 9.59 Å². The van der Waals surface area contributed by atoms with E-state index in [1.165, 1.54) is 14.2 Å². The van der Waals surface area contributed by atoms with Gasteiger partial charge in [0.2, 0.25) is 11.8 Å². The maximum absolute atomic E-state index is 13.6. The van der Waals surface area contributed by atoms with Crippen LogP contribution in [0.15, 0.2) is 36.7 Å². The molecule has 14 nitrogen and oxygen atoms in total. The van der Waals surface area contributed by atoms with Crippen molar-refractivity contribution in [2.24, 2.45) is 23.7 Å². The number of aromatic nitrogens is 4. The largest absolute Gasteiger partial charge is 0.453 e. The van der Waals surface area contributed by atoms with Gasteiger partial charge >= 0.3 is 12.2 Å². The third-order valence-electron chi connectivity index (χ3n) is 9.73. The molecule has 0 aliphatic carbocycles. The number of likely N-dealkylation sites (tertiary alicyclic amines) is 2. The Morgan fingerprint density at radius 2 is 1.23 bits per heavy atom. The number of ether oxygens (including phenoxy) is 2. The number of H-pyrrole nitrogens is 2. The molecular formula is C38H50N8O6. The van der Waals surface area contributed by atoms with Crippen molar-refractivity contribution >= 4 is 24.0 Å². The van der Waals surface area contributed by atoms with Crippen molar-refractivity contribution in [3.63, 3.8) is 0 Å². The zero-order chi connectivity index (χ0) is 37.7. The van der Waals surface area contributed by atoms with E-state index in [1.807, 2.05) is 52.0 Å². The first-order valence-electron chi connectivity index (χ1n) is 17.8. The zero-order valence-corrected chi connectivity index (χ0v) is 31.1. The highest BCUT2D eigenvalue weighted by Gasteiger charge is 2.41. The Kier molecular flexibility index (Phi) is 11.9. The third kappa shape index (κ3) is 8.58. The van der Waals surface area contributed by atoms with Gasteiger partial charge in [0.15, 0.2) is 0 Å². The molecular weight excluding hydrogens is 664 g/mol. The normalized spacial score (nSPS) is 21.0. The van der Waals surface area contributed by atoms with E-state index in [2.05, 4.69) is 56.3 Å². The topological polar surface area (TPSA) is 175 Å². The molecule has 4 N–H and O–H groups in total. The molecule has 0 saturated carbocycles. The van der Waals surface area contributed by atoms with Gasteiger partial charge in [0, 0.05) is 18.7 Å². The Bertz CT molecular complexity index is 1800. The first-order valence-corrected chi connectivity index (χ1v) is 17.8. The van der Waals surface area contributed by atoms with Crippen molar-refractivity contribution < 1.29 is 28.7 Å². The van der Waals surface area contributed by atoms with Crippen molar-refractivity contribution in [1.82, 2.24) is 40.4 Å². The summed E-state index contributed by atoms with van der Waals surface area (Å²) in [5.74, 6) is 7.66.